The number of fused-ring (bicyclic) bond motifs is 1. The van der Waals surface area contributed by atoms with E-state index in [1.807, 2.05) is 19.9 Å². The van der Waals surface area contributed by atoms with Crippen molar-refractivity contribution in [2.45, 2.75) is 27.4 Å². The number of rotatable bonds is 3. The van der Waals surface area contributed by atoms with Crippen LogP contribution in [0.2, 0.25) is 0 Å². The topological polar surface area (TPSA) is 73.6 Å². The SMILES string of the molecule is Cc1cc(=O)n2nc(COC(=O)c3ccc(C)c(C)c3)sc2n1. The van der Waals surface area contributed by atoms with E-state index < -0.39 is 5.97 Å². The molecule has 0 aliphatic heterocycles. The Morgan fingerprint density at radius 1 is 1.22 bits per heavy atom. The van der Waals surface area contributed by atoms with Crippen molar-refractivity contribution in [2.24, 2.45) is 0 Å². The van der Waals surface area contributed by atoms with Gasteiger partial charge in [-0.1, -0.05) is 17.4 Å². The Balaban J connectivity index is 1.77. The van der Waals surface area contributed by atoms with Crippen molar-refractivity contribution in [3.8, 4) is 0 Å². The molecule has 6 nitrogen and oxygen atoms in total. The number of ether oxygens (including phenoxy) is 1. The molecule has 3 aromatic rings. The van der Waals surface area contributed by atoms with Gasteiger partial charge in [-0.15, -0.1) is 0 Å². The minimum atomic E-state index is -0.413. The minimum Gasteiger partial charge on any atom is -0.455 e. The van der Waals surface area contributed by atoms with Crippen LogP contribution in [0.15, 0.2) is 29.1 Å². The smallest absolute Gasteiger partial charge is 0.338 e. The van der Waals surface area contributed by atoms with Crippen LogP contribution in [0, 0.1) is 20.8 Å². The minimum absolute atomic E-state index is 0.0122. The van der Waals surface area contributed by atoms with Crippen LogP contribution in [-0.4, -0.2) is 20.6 Å². The molecule has 0 spiro atoms. The van der Waals surface area contributed by atoms with Gasteiger partial charge in [0, 0.05) is 11.8 Å². The quantitative estimate of drug-likeness (QED) is 0.690. The first-order valence-corrected chi connectivity index (χ1v) is 7.86. The summed E-state index contributed by atoms with van der Waals surface area (Å²) >= 11 is 1.23. The molecule has 2 heterocycles. The summed E-state index contributed by atoms with van der Waals surface area (Å²) in [7, 11) is 0. The molecule has 1 aromatic carbocycles. The molecule has 0 N–H and O–H groups in total. The molecule has 0 aliphatic rings. The highest BCUT2D eigenvalue weighted by atomic mass is 32.1. The van der Waals surface area contributed by atoms with E-state index in [9.17, 15) is 9.59 Å². The van der Waals surface area contributed by atoms with Gasteiger partial charge in [0.15, 0.2) is 5.01 Å². The molecule has 7 heteroatoms. The number of esters is 1. The number of carbonyl (C=O) groups excluding carboxylic acids is 1. The molecule has 0 saturated carbocycles. The van der Waals surface area contributed by atoms with Crippen molar-refractivity contribution in [1.82, 2.24) is 14.6 Å². The van der Waals surface area contributed by atoms with E-state index in [0.717, 1.165) is 11.1 Å². The van der Waals surface area contributed by atoms with Crippen LogP contribution >= 0.6 is 11.3 Å². The third-order valence-corrected chi connectivity index (χ3v) is 4.37. The second-order valence-electron chi connectivity index (χ2n) is 5.30. The predicted molar refractivity (Wildman–Crippen MR) is 86.9 cm³/mol. The Bertz CT molecular complexity index is 959. The number of nitrogens with zero attached hydrogens (tertiary/aromatic N) is 3. The van der Waals surface area contributed by atoms with Crippen molar-refractivity contribution in [1.29, 1.82) is 0 Å². The lowest BCUT2D eigenvalue weighted by Gasteiger charge is -2.05. The summed E-state index contributed by atoms with van der Waals surface area (Å²) < 4.78 is 6.49. The van der Waals surface area contributed by atoms with Gasteiger partial charge in [-0.3, -0.25) is 4.79 Å². The fraction of sp³-hybridized carbons (Fsp3) is 0.250. The second kappa shape index (κ2) is 5.92. The van der Waals surface area contributed by atoms with Crippen LogP contribution in [0.25, 0.3) is 4.96 Å². The zero-order valence-corrected chi connectivity index (χ0v) is 13.8. The third-order valence-electron chi connectivity index (χ3n) is 3.48. The molecule has 23 heavy (non-hydrogen) atoms. The molecule has 0 fully saturated rings. The molecule has 0 amide bonds. The van der Waals surface area contributed by atoms with Crippen molar-refractivity contribution >= 4 is 22.3 Å². The number of hydrogen-bond acceptors (Lipinski definition) is 6. The average Bonchev–Trinajstić information content (AvgIpc) is 2.91. The number of carbonyl (C=O) groups is 1. The fourth-order valence-corrected chi connectivity index (χ4v) is 2.96. The maximum Gasteiger partial charge on any atom is 0.338 e. The molecule has 0 bridgehead atoms. The summed E-state index contributed by atoms with van der Waals surface area (Å²) in [6.07, 6.45) is 0. The Morgan fingerprint density at radius 3 is 2.74 bits per heavy atom. The molecule has 2 aromatic heterocycles. The van der Waals surface area contributed by atoms with Gasteiger partial charge < -0.3 is 4.74 Å². The maximum absolute atomic E-state index is 12.1. The van der Waals surface area contributed by atoms with E-state index >= 15 is 0 Å². The highest BCUT2D eigenvalue weighted by Gasteiger charge is 2.12. The van der Waals surface area contributed by atoms with E-state index in [-0.39, 0.29) is 12.2 Å². The van der Waals surface area contributed by atoms with Crippen LogP contribution in [0.4, 0.5) is 0 Å². The molecule has 118 valence electrons. The van der Waals surface area contributed by atoms with Crippen molar-refractivity contribution in [3.63, 3.8) is 0 Å². The lowest BCUT2D eigenvalue weighted by atomic mass is 10.1. The van der Waals surface area contributed by atoms with Gasteiger partial charge >= 0.3 is 5.97 Å². The Morgan fingerprint density at radius 2 is 2.00 bits per heavy atom. The van der Waals surface area contributed by atoms with Crippen molar-refractivity contribution < 1.29 is 9.53 Å². The van der Waals surface area contributed by atoms with Crippen LogP contribution in [0.5, 0.6) is 0 Å². The van der Waals surface area contributed by atoms with Gasteiger partial charge in [-0.2, -0.15) is 9.61 Å². The lowest BCUT2D eigenvalue weighted by molar-refractivity contribution is 0.0471. The van der Waals surface area contributed by atoms with E-state index in [2.05, 4.69) is 10.1 Å². The summed E-state index contributed by atoms with van der Waals surface area (Å²) in [6.45, 7) is 5.69. The summed E-state index contributed by atoms with van der Waals surface area (Å²) in [5.41, 5.74) is 3.05. The highest BCUT2D eigenvalue weighted by molar-refractivity contribution is 7.16. The largest absolute Gasteiger partial charge is 0.455 e. The Hall–Kier alpha value is -2.54. The fourth-order valence-electron chi connectivity index (χ4n) is 2.10. The second-order valence-corrected chi connectivity index (χ2v) is 6.34. The molecule has 0 atom stereocenters. The molecular formula is C16H15N3O3S. The zero-order chi connectivity index (χ0) is 16.6. The van der Waals surface area contributed by atoms with Crippen molar-refractivity contribution in [2.75, 3.05) is 0 Å². The maximum atomic E-state index is 12.1. The number of hydrogen-bond donors (Lipinski definition) is 0. The normalized spacial score (nSPS) is 10.9. The van der Waals surface area contributed by atoms with E-state index in [0.29, 0.717) is 21.2 Å². The van der Waals surface area contributed by atoms with Gasteiger partial charge in [0.05, 0.1) is 5.56 Å². The standard InChI is InChI=1S/C16H15N3O3S/c1-9-4-5-12(6-10(9)2)15(21)22-8-13-18-19-14(20)7-11(3)17-16(19)23-13/h4-7H,8H2,1-3H3. The molecule has 0 radical (unpaired) electrons. The first kappa shape index (κ1) is 15.4. The third kappa shape index (κ3) is 3.14. The molecule has 0 unspecified atom stereocenters. The summed E-state index contributed by atoms with van der Waals surface area (Å²) in [4.78, 5) is 28.6. The first-order chi connectivity index (χ1) is 10.9. The summed E-state index contributed by atoms with van der Waals surface area (Å²) in [5.74, 6) is -0.413. The lowest BCUT2D eigenvalue weighted by Crippen LogP contribution is -2.14. The Labute approximate surface area is 136 Å². The monoisotopic (exact) mass is 329 g/mol. The van der Waals surface area contributed by atoms with E-state index in [4.69, 9.17) is 4.74 Å². The molecule has 0 aliphatic carbocycles. The van der Waals surface area contributed by atoms with E-state index in [1.165, 1.54) is 21.9 Å². The number of aromatic nitrogens is 3. The molecule has 3 rings (SSSR count). The predicted octanol–water partition coefficient (Wildman–Crippen LogP) is 2.43. The van der Waals surface area contributed by atoms with Crippen molar-refractivity contribution in [3.05, 3.63) is 62.0 Å². The van der Waals surface area contributed by atoms with Gasteiger partial charge in [0.2, 0.25) is 4.96 Å². The zero-order valence-electron chi connectivity index (χ0n) is 13.0. The average molecular weight is 329 g/mol. The number of aryl methyl sites for hydroxylation is 3. The van der Waals surface area contributed by atoms with Crippen LogP contribution in [-0.2, 0) is 11.3 Å². The van der Waals surface area contributed by atoms with Gasteiger partial charge in [0.25, 0.3) is 5.56 Å². The van der Waals surface area contributed by atoms with E-state index in [1.54, 1.807) is 19.1 Å². The molecular weight excluding hydrogens is 314 g/mol. The Kier molecular flexibility index (Phi) is 3.96. The summed E-state index contributed by atoms with van der Waals surface area (Å²) in [5, 5.41) is 4.66. The van der Waals surface area contributed by atoms with Crippen LogP contribution in [0.1, 0.15) is 32.2 Å². The van der Waals surface area contributed by atoms with Crippen LogP contribution in [0.3, 0.4) is 0 Å². The van der Waals surface area contributed by atoms with Crippen LogP contribution < -0.4 is 5.56 Å². The van der Waals surface area contributed by atoms with Gasteiger partial charge in [0.1, 0.15) is 6.61 Å². The summed E-state index contributed by atoms with van der Waals surface area (Å²) in [6, 6.07) is 6.83. The van der Waals surface area contributed by atoms with Gasteiger partial charge in [-0.05, 0) is 44.0 Å². The molecule has 0 saturated heterocycles. The van der Waals surface area contributed by atoms with Gasteiger partial charge in [-0.25, -0.2) is 9.78 Å². The first-order valence-electron chi connectivity index (χ1n) is 7.05. The highest BCUT2D eigenvalue weighted by Crippen LogP contribution is 2.15. The number of benzene rings is 1.